The van der Waals surface area contributed by atoms with Gasteiger partial charge >= 0.3 is 0 Å². The molecule has 1 heterocycles. The Morgan fingerprint density at radius 3 is 2.31 bits per heavy atom. The molecule has 1 amide bonds. The summed E-state index contributed by atoms with van der Waals surface area (Å²) >= 11 is 0. The van der Waals surface area contributed by atoms with Gasteiger partial charge in [0.2, 0.25) is 0 Å². The van der Waals surface area contributed by atoms with Crippen LogP contribution in [-0.2, 0) is 9.59 Å². The van der Waals surface area contributed by atoms with Crippen LogP contribution in [0.5, 0.6) is 11.5 Å². The van der Waals surface area contributed by atoms with Crippen LogP contribution >= 0.6 is 0 Å². The number of carbonyl (C=O) groups is 2. The SMILES string of the molecule is CCCOc1ccc(C2/C(=C(/O)c3ccc(OCC(C)C)c(C)c3)C(=O)C(=O)N2c2ccc(C#N)cc2)cc1. The molecule has 200 valence electrons. The van der Waals surface area contributed by atoms with E-state index >= 15 is 0 Å². The van der Waals surface area contributed by atoms with Gasteiger partial charge in [0.25, 0.3) is 11.7 Å². The maximum Gasteiger partial charge on any atom is 0.300 e. The van der Waals surface area contributed by atoms with Gasteiger partial charge in [0.15, 0.2) is 0 Å². The molecule has 1 aliphatic heterocycles. The lowest BCUT2D eigenvalue weighted by molar-refractivity contribution is -0.132. The van der Waals surface area contributed by atoms with Crippen LogP contribution in [0, 0.1) is 24.2 Å². The van der Waals surface area contributed by atoms with Gasteiger partial charge < -0.3 is 14.6 Å². The summed E-state index contributed by atoms with van der Waals surface area (Å²) in [5.41, 5.74) is 2.71. The number of carbonyl (C=O) groups excluding carboxylic acids is 2. The standard InChI is InChI=1S/C32H32N2O5/c1-5-16-38-26-13-8-23(9-14-26)29-28(30(35)24-10-15-27(21(4)17-24)39-19-20(2)3)31(36)32(37)34(29)25-11-6-22(18-33)7-12-25/h6-15,17,20,29,35H,5,16,19H2,1-4H3/b30-28-. The van der Waals surface area contributed by atoms with Gasteiger partial charge in [-0.05, 0) is 85.0 Å². The van der Waals surface area contributed by atoms with Crippen molar-refractivity contribution >= 4 is 23.1 Å². The van der Waals surface area contributed by atoms with Crippen LogP contribution in [0.2, 0.25) is 0 Å². The van der Waals surface area contributed by atoms with Gasteiger partial charge in [0.1, 0.15) is 17.3 Å². The van der Waals surface area contributed by atoms with E-state index in [0.29, 0.717) is 53.0 Å². The maximum absolute atomic E-state index is 13.4. The van der Waals surface area contributed by atoms with Crippen molar-refractivity contribution < 1.29 is 24.2 Å². The van der Waals surface area contributed by atoms with Gasteiger partial charge in [0, 0.05) is 11.3 Å². The number of ether oxygens (including phenoxy) is 2. The van der Waals surface area contributed by atoms with Gasteiger partial charge in [-0.25, -0.2) is 0 Å². The highest BCUT2D eigenvalue weighted by molar-refractivity contribution is 6.51. The van der Waals surface area contributed by atoms with Crippen LogP contribution in [0.1, 0.15) is 55.5 Å². The van der Waals surface area contributed by atoms with Gasteiger partial charge in [-0.2, -0.15) is 5.26 Å². The second kappa shape index (κ2) is 11.9. The molecule has 3 aromatic rings. The minimum atomic E-state index is -0.879. The highest BCUT2D eigenvalue weighted by Gasteiger charge is 2.47. The Hall–Kier alpha value is -4.57. The number of nitriles is 1. The Morgan fingerprint density at radius 2 is 1.72 bits per heavy atom. The third-order valence-electron chi connectivity index (χ3n) is 6.41. The first-order chi connectivity index (χ1) is 18.7. The molecule has 39 heavy (non-hydrogen) atoms. The average Bonchev–Trinajstić information content (AvgIpc) is 3.21. The van der Waals surface area contributed by atoms with E-state index in [1.54, 1.807) is 66.7 Å². The molecule has 0 aliphatic carbocycles. The number of anilines is 1. The maximum atomic E-state index is 13.4. The Balaban J connectivity index is 1.82. The third kappa shape index (κ3) is 5.80. The second-order valence-corrected chi connectivity index (χ2v) is 9.93. The van der Waals surface area contributed by atoms with Gasteiger partial charge in [0.05, 0.1) is 36.5 Å². The monoisotopic (exact) mass is 524 g/mol. The van der Waals surface area contributed by atoms with Crippen LogP contribution in [0.3, 0.4) is 0 Å². The number of hydrogen-bond donors (Lipinski definition) is 1. The molecule has 0 saturated carbocycles. The quantitative estimate of drug-likeness (QED) is 0.200. The van der Waals surface area contributed by atoms with E-state index in [4.69, 9.17) is 9.47 Å². The zero-order chi connectivity index (χ0) is 28.1. The summed E-state index contributed by atoms with van der Waals surface area (Å²) in [6, 6.07) is 20.0. The van der Waals surface area contributed by atoms with E-state index in [9.17, 15) is 20.0 Å². The fourth-order valence-electron chi connectivity index (χ4n) is 4.45. The third-order valence-corrected chi connectivity index (χ3v) is 6.41. The van der Waals surface area contributed by atoms with Crippen molar-refractivity contribution in [2.24, 2.45) is 5.92 Å². The van der Waals surface area contributed by atoms with E-state index in [-0.39, 0.29) is 11.3 Å². The highest BCUT2D eigenvalue weighted by Crippen LogP contribution is 2.42. The molecule has 1 aliphatic rings. The Labute approximate surface area is 228 Å². The van der Waals surface area contributed by atoms with E-state index in [0.717, 1.165) is 12.0 Å². The zero-order valence-electron chi connectivity index (χ0n) is 22.6. The summed E-state index contributed by atoms with van der Waals surface area (Å²) in [5, 5.41) is 20.7. The number of benzene rings is 3. The topological polar surface area (TPSA) is 99.9 Å². The lowest BCUT2D eigenvalue weighted by Crippen LogP contribution is -2.29. The Kier molecular flexibility index (Phi) is 8.36. The fourth-order valence-corrected chi connectivity index (χ4v) is 4.45. The summed E-state index contributed by atoms with van der Waals surface area (Å²) in [5.74, 6) is -0.0908. The van der Waals surface area contributed by atoms with Crippen molar-refractivity contribution in [2.45, 2.75) is 40.2 Å². The largest absolute Gasteiger partial charge is 0.507 e. The number of amides is 1. The smallest absolute Gasteiger partial charge is 0.300 e. The predicted octanol–water partition coefficient (Wildman–Crippen LogP) is 6.32. The Bertz CT molecular complexity index is 1430. The van der Waals surface area contributed by atoms with Crippen molar-refractivity contribution in [3.8, 4) is 17.6 Å². The number of Topliss-reactive ketones (excluding diaryl/α,β-unsaturated/α-hetero) is 1. The second-order valence-electron chi connectivity index (χ2n) is 9.93. The van der Waals surface area contributed by atoms with Crippen LogP contribution in [0.15, 0.2) is 72.3 Å². The van der Waals surface area contributed by atoms with Crippen molar-refractivity contribution in [2.75, 3.05) is 18.1 Å². The molecule has 1 N–H and O–H groups in total. The van der Waals surface area contributed by atoms with Crippen LogP contribution < -0.4 is 14.4 Å². The molecule has 4 rings (SSSR count). The van der Waals surface area contributed by atoms with E-state index in [1.807, 2.05) is 13.8 Å². The summed E-state index contributed by atoms with van der Waals surface area (Å²) in [7, 11) is 0. The first kappa shape index (κ1) is 27.5. The summed E-state index contributed by atoms with van der Waals surface area (Å²) in [4.78, 5) is 28.2. The highest BCUT2D eigenvalue weighted by atomic mass is 16.5. The molecule has 7 heteroatoms. The molecule has 1 saturated heterocycles. The first-order valence-electron chi connectivity index (χ1n) is 13.0. The molecular formula is C32H32N2O5. The molecule has 1 atom stereocenters. The lowest BCUT2D eigenvalue weighted by Gasteiger charge is -2.25. The number of ketones is 1. The van der Waals surface area contributed by atoms with Gasteiger partial charge in [-0.3, -0.25) is 14.5 Å². The fraction of sp³-hybridized carbons (Fsp3) is 0.281. The molecule has 3 aromatic carbocycles. The summed E-state index contributed by atoms with van der Waals surface area (Å²) < 4.78 is 11.6. The average molecular weight is 525 g/mol. The van der Waals surface area contributed by atoms with Crippen molar-refractivity contribution in [3.05, 3.63) is 94.6 Å². The minimum absolute atomic E-state index is 0.0122. The number of aliphatic hydroxyl groups excluding tert-OH is 1. The van der Waals surface area contributed by atoms with Crippen LogP contribution in [-0.4, -0.2) is 30.0 Å². The molecular weight excluding hydrogens is 492 g/mol. The molecule has 0 spiro atoms. The summed E-state index contributed by atoms with van der Waals surface area (Å²) in [6.07, 6.45) is 0.862. The van der Waals surface area contributed by atoms with Crippen molar-refractivity contribution in [1.82, 2.24) is 0 Å². The summed E-state index contributed by atoms with van der Waals surface area (Å²) in [6.45, 7) is 9.13. The van der Waals surface area contributed by atoms with Crippen LogP contribution in [0.25, 0.3) is 5.76 Å². The zero-order valence-corrected chi connectivity index (χ0v) is 22.6. The number of nitrogens with zero attached hydrogens (tertiary/aromatic N) is 2. The van der Waals surface area contributed by atoms with Gasteiger partial charge in [-0.15, -0.1) is 0 Å². The van der Waals surface area contributed by atoms with Crippen LogP contribution in [0.4, 0.5) is 5.69 Å². The molecule has 0 bridgehead atoms. The van der Waals surface area contributed by atoms with E-state index in [1.165, 1.54) is 4.90 Å². The number of rotatable bonds is 9. The minimum Gasteiger partial charge on any atom is -0.507 e. The number of aryl methyl sites for hydroxylation is 1. The normalized spacial score (nSPS) is 16.4. The van der Waals surface area contributed by atoms with Crippen molar-refractivity contribution in [3.63, 3.8) is 0 Å². The Morgan fingerprint density at radius 1 is 1.03 bits per heavy atom. The predicted molar refractivity (Wildman–Crippen MR) is 150 cm³/mol. The first-order valence-corrected chi connectivity index (χ1v) is 13.0. The molecule has 1 unspecified atom stereocenters. The number of hydrogen-bond acceptors (Lipinski definition) is 6. The molecule has 0 aromatic heterocycles. The van der Waals surface area contributed by atoms with Crippen molar-refractivity contribution in [1.29, 1.82) is 5.26 Å². The van der Waals surface area contributed by atoms with E-state index in [2.05, 4.69) is 19.9 Å². The van der Waals surface area contributed by atoms with Gasteiger partial charge in [-0.1, -0.05) is 32.9 Å². The lowest BCUT2D eigenvalue weighted by atomic mass is 9.94. The molecule has 0 radical (unpaired) electrons. The molecule has 1 fully saturated rings. The van der Waals surface area contributed by atoms with E-state index < -0.39 is 17.7 Å². The number of aliphatic hydroxyl groups is 1. The molecule has 7 nitrogen and oxygen atoms in total.